The second-order valence-electron chi connectivity index (χ2n) is 7.62. The molecule has 0 unspecified atom stereocenters. The van der Waals surface area contributed by atoms with Gasteiger partial charge in [0.1, 0.15) is 0 Å². The Kier molecular flexibility index (Phi) is 6.77. The van der Waals surface area contributed by atoms with Crippen molar-refractivity contribution in [1.82, 2.24) is 5.32 Å². The second kappa shape index (κ2) is 9.30. The molecule has 0 heterocycles. The summed E-state index contributed by atoms with van der Waals surface area (Å²) in [5.74, 6) is -0.0856. The molecule has 0 fully saturated rings. The molecule has 0 aromatic heterocycles. The minimum atomic E-state index is -3.43. The Morgan fingerprint density at radius 1 is 0.967 bits per heavy atom. The van der Waals surface area contributed by atoms with E-state index in [4.69, 9.17) is 0 Å². The predicted molar refractivity (Wildman–Crippen MR) is 123 cm³/mol. The van der Waals surface area contributed by atoms with Gasteiger partial charge in [-0.25, -0.2) is 8.42 Å². The first-order valence-corrected chi connectivity index (χ1v) is 11.9. The normalized spacial score (nSPS) is 11.4. The van der Waals surface area contributed by atoms with Crippen molar-refractivity contribution in [2.24, 2.45) is 0 Å². The van der Waals surface area contributed by atoms with Gasteiger partial charge in [0.15, 0.2) is 0 Å². The zero-order valence-corrected chi connectivity index (χ0v) is 18.5. The second-order valence-corrected chi connectivity index (χ2v) is 9.52. The van der Waals surface area contributed by atoms with Gasteiger partial charge in [0.25, 0.3) is 0 Å². The van der Waals surface area contributed by atoms with Crippen LogP contribution in [0.5, 0.6) is 0 Å². The molecule has 5 nitrogen and oxygen atoms in total. The molecule has 0 aliphatic rings. The summed E-state index contributed by atoms with van der Waals surface area (Å²) in [4.78, 5) is 12.3. The van der Waals surface area contributed by atoms with Gasteiger partial charge in [-0.15, -0.1) is 0 Å². The van der Waals surface area contributed by atoms with Crippen LogP contribution in [0.25, 0.3) is 10.8 Å². The van der Waals surface area contributed by atoms with Gasteiger partial charge in [0.2, 0.25) is 15.9 Å². The third-order valence-electron chi connectivity index (χ3n) is 5.31. The molecule has 0 spiro atoms. The summed E-state index contributed by atoms with van der Waals surface area (Å²) >= 11 is 0. The number of rotatable bonds is 8. The topological polar surface area (TPSA) is 66.5 Å². The van der Waals surface area contributed by atoms with Gasteiger partial charge in [0.05, 0.1) is 11.9 Å². The van der Waals surface area contributed by atoms with Crippen molar-refractivity contribution < 1.29 is 13.2 Å². The standard InChI is InChI=1S/C24H28N2O3S/c1-18-8-6-11-23(19(18)2)26(30(3,28)29)15-7-12-24(27)25-17-20-13-14-21-9-4-5-10-22(21)16-20/h4-6,8-11,13-14,16H,7,12,15,17H2,1-3H3,(H,25,27). The molecule has 3 aromatic carbocycles. The molecule has 0 saturated heterocycles. The van der Waals surface area contributed by atoms with Crippen molar-refractivity contribution in [3.63, 3.8) is 0 Å². The van der Waals surface area contributed by atoms with Gasteiger partial charge >= 0.3 is 0 Å². The van der Waals surface area contributed by atoms with Crippen LogP contribution in [-0.2, 0) is 21.4 Å². The Bertz CT molecular complexity index is 1160. The van der Waals surface area contributed by atoms with Crippen molar-refractivity contribution >= 4 is 32.4 Å². The number of anilines is 1. The number of hydrogen-bond acceptors (Lipinski definition) is 3. The highest BCUT2D eigenvalue weighted by Crippen LogP contribution is 2.25. The lowest BCUT2D eigenvalue weighted by Crippen LogP contribution is -2.32. The Morgan fingerprint density at radius 2 is 1.70 bits per heavy atom. The van der Waals surface area contributed by atoms with Gasteiger partial charge in [-0.2, -0.15) is 0 Å². The Morgan fingerprint density at radius 3 is 2.43 bits per heavy atom. The van der Waals surface area contributed by atoms with Gasteiger partial charge in [-0.1, -0.05) is 48.5 Å². The average Bonchev–Trinajstić information content (AvgIpc) is 2.71. The summed E-state index contributed by atoms with van der Waals surface area (Å²) in [6.45, 7) is 4.60. The molecule has 0 aliphatic carbocycles. The van der Waals surface area contributed by atoms with Crippen LogP contribution >= 0.6 is 0 Å². The molecular weight excluding hydrogens is 396 g/mol. The van der Waals surface area contributed by atoms with Crippen molar-refractivity contribution in [2.45, 2.75) is 33.2 Å². The van der Waals surface area contributed by atoms with E-state index in [-0.39, 0.29) is 18.9 Å². The number of nitrogens with zero attached hydrogens (tertiary/aromatic N) is 1. The van der Waals surface area contributed by atoms with E-state index < -0.39 is 10.0 Å². The van der Waals surface area contributed by atoms with Crippen LogP contribution in [0.3, 0.4) is 0 Å². The summed E-state index contributed by atoms with van der Waals surface area (Å²) in [5.41, 5.74) is 3.68. The molecule has 1 N–H and O–H groups in total. The number of benzene rings is 3. The molecule has 1 amide bonds. The maximum Gasteiger partial charge on any atom is 0.232 e. The van der Waals surface area contributed by atoms with Crippen molar-refractivity contribution in [3.8, 4) is 0 Å². The summed E-state index contributed by atoms with van der Waals surface area (Å²) in [7, 11) is -3.43. The van der Waals surface area contributed by atoms with Crippen LogP contribution in [0.4, 0.5) is 5.69 Å². The van der Waals surface area contributed by atoms with E-state index >= 15 is 0 Å². The van der Waals surface area contributed by atoms with Crippen LogP contribution in [-0.4, -0.2) is 27.1 Å². The zero-order chi connectivity index (χ0) is 21.7. The first-order chi connectivity index (χ1) is 14.3. The van der Waals surface area contributed by atoms with Crippen molar-refractivity contribution in [1.29, 1.82) is 0 Å². The predicted octanol–water partition coefficient (Wildman–Crippen LogP) is 4.32. The molecule has 0 radical (unpaired) electrons. The fraction of sp³-hybridized carbons (Fsp3) is 0.292. The number of nitrogens with one attached hydrogen (secondary N) is 1. The quantitative estimate of drug-likeness (QED) is 0.586. The number of fused-ring (bicyclic) bond motifs is 1. The summed E-state index contributed by atoms with van der Waals surface area (Å²) in [6, 6.07) is 19.8. The number of aryl methyl sites for hydroxylation is 1. The Hall–Kier alpha value is -2.86. The maximum absolute atomic E-state index is 12.3. The third-order valence-corrected chi connectivity index (χ3v) is 6.49. The zero-order valence-electron chi connectivity index (χ0n) is 17.7. The van der Waals surface area contributed by atoms with Crippen molar-refractivity contribution in [3.05, 3.63) is 77.4 Å². The fourth-order valence-electron chi connectivity index (χ4n) is 3.49. The van der Waals surface area contributed by atoms with E-state index in [1.54, 1.807) is 0 Å². The highest BCUT2D eigenvalue weighted by atomic mass is 32.2. The van der Waals surface area contributed by atoms with E-state index in [2.05, 4.69) is 17.4 Å². The molecule has 158 valence electrons. The lowest BCUT2D eigenvalue weighted by atomic mass is 10.1. The van der Waals surface area contributed by atoms with E-state index in [9.17, 15) is 13.2 Å². The SMILES string of the molecule is Cc1cccc(N(CCCC(=O)NCc2ccc3ccccc3c2)S(C)(=O)=O)c1C. The smallest absolute Gasteiger partial charge is 0.232 e. The summed E-state index contributed by atoms with van der Waals surface area (Å²) in [5, 5.41) is 5.24. The van der Waals surface area contributed by atoms with E-state index in [0.29, 0.717) is 18.7 Å². The lowest BCUT2D eigenvalue weighted by molar-refractivity contribution is -0.121. The molecule has 3 rings (SSSR count). The number of amides is 1. The number of sulfonamides is 1. The van der Waals surface area contributed by atoms with Crippen LogP contribution < -0.4 is 9.62 Å². The lowest BCUT2D eigenvalue weighted by Gasteiger charge is -2.24. The minimum Gasteiger partial charge on any atom is -0.352 e. The van der Waals surface area contributed by atoms with E-state index in [1.165, 1.54) is 15.9 Å². The molecule has 3 aromatic rings. The van der Waals surface area contributed by atoms with Gasteiger partial charge in [0, 0.05) is 19.5 Å². The largest absolute Gasteiger partial charge is 0.352 e. The number of carbonyl (C=O) groups excluding carboxylic acids is 1. The van der Waals surface area contributed by atoms with E-state index in [1.807, 2.05) is 62.4 Å². The maximum atomic E-state index is 12.3. The molecular formula is C24H28N2O3S. The highest BCUT2D eigenvalue weighted by molar-refractivity contribution is 7.92. The Labute approximate surface area is 178 Å². The number of carbonyl (C=O) groups is 1. The molecule has 0 bridgehead atoms. The van der Waals surface area contributed by atoms with E-state index in [0.717, 1.165) is 22.1 Å². The number of hydrogen-bond donors (Lipinski definition) is 1. The van der Waals surface area contributed by atoms with Gasteiger partial charge in [-0.3, -0.25) is 9.10 Å². The Balaban J connectivity index is 1.57. The summed E-state index contributed by atoms with van der Waals surface area (Å²) in [6.07, 6.45) is 1.92. The van der Waals surface area contributed by atoms with Crippen LogP contribution in [0.15, 0.2) is 60.7 Å². The third kappa shape index (κ3) is 5.39. The molecule has 0 atom stereocenters. The van der Waals surface area contributed by atoms with Gasteiger partial charge in [-0.05, 0) is 59.9 Å². The van der Waals surface area contributed by atoms with Crippen LogP contribution in [0.2, 0.25) is 0 Å². The van der Waals surface area contributed by atoms with Gasteiger partial charge < -0.3 is 5.32 Å². The molecule has 30 heavy (non-hydrogen) atoms. The van der Waals surface area contributed by atoms with Crippen molar-refractivity contribution in [2.75, 3.05) is 17.1 Å². The minimum absolute atomic E-state index is 0.0856. The summed E-state index contributed by atoms with van der Waals surface area (Å²) < 4.78 is 26.0. The highest BCUT2D eigenvalue weighted by Gasteiger charge is 2.19. The molecule has 6 heteroatoms. The van der Waals surface area contributed by atoms with Crippen LogP contribution in [0.1, 0.15) is 29.5 Å². The first-order valence-electron chi connectivity index (χ1n) is 10.0. The van der Waals surface area contributed by atoms with Crippen LogP contribution in [0, 0.1) is 13.8 Å². The molecule has 0 aliphatic heterocycles. The molecule has 0 saturated carbocycles. The average molecular weight is 425 g/mol. The fourth-order valence-corrected chi connectivity index (χ4v) is 4.51. The monoisotopic (exact) mass is 424 g/mol. The first kappa shape index (κ1) is 21.8.